The van der Waals surface area contributed by atoms with Gasteiger partial charge in [0.2, 0.25) is 39.0 Å². The van der Waals surface area contributed by atoms with E-state index in [4.69, 9.17) is 249 Å². The summed E-state index contributed by atoms with van der Waals surface area (Å²) in [4.78, 5) is 228. The topological polar surface area (TPSA) is 702 Å². The second-order valence-corrected chi connectivity index (χ2v) is 39.3. The van der Waals surface area contributed by atoms with E-state index in [1.807, 2.05) is 0 Å². The molecule has 0 spiro atoms. The first-order chi connectivity index (χ1) is 54.3. The predicted molar refractivity (Wildman–Crippen MR) is 424 cm³/mol. The predicted octanol–water partition coefficient (Wildman–Crippen LogP) is 9.18. The van der Waals surface area contributed by atoms with Crippen LogP contribution in [-0.4, -0.2) is 279 Å². The molecule has 0 fully saturated rings. The molecule has 0 aliphatic rings. The van der Waals surface area contributed by atoms with E-state index in [9.17, 15) is 121 Å². The normalized spacial score (nSPS) is 19.7. The molecule has 0 aromatic heterocycles. The van der Waals surface area contributed by atoms with Crippen molar-refractivity contribution >= 4 is 305 Å². The van der Waals surface area contributed by atoms with Gasteiger partial charge in [0.05, 0.1) is 0 Å². The van der Waals surface area contributed by atoms with Crippen LogP contribution in [0.2, 0.25) is 0 Å². The van der Waals surface area contributed by atoms with Crippen LogP contribution in [0.1, 0.15) is 159 Å². The Morgan fingerprint density at radius 3 is 0.544 bits per heavy atom. The van der Waals surface area contributed by atoms with E-state index >= 15 is 0 Å². The maximum Gasteiger partial charge on any atom is 0.377 e. The number of aliphatic carboxylic acids is 11. The molecule has 125 heavy (non-hydrogen) atoms. The van der Waals surface area contributed by atoms with Crippen LogP contribution in [0.5, 0.6) is 0 Å². The Labute approximate surface area is 785 Å². The molecule has 46 nitrogen and oxygen atoms in total. The van der Waals surface area contributed by atoms with Crippen molar-refractivity contribution in [2.45, 2.75) is 263 Å². The van der Waals surface area contributed by atoms with E-state index in [1.165, 1.54) is 13.8 Å². The lowest BCUT2D eigenvalue weighted by molar-refractivity contribution is -0.348. The van der Waals surface area contributed by atoms with Gasteiger partial charge in [-0.1, -0.05) is 174 Å². The van der Waals surface area contributed by atoms with Crippen LogP contribution in [0.15, 0.2) is 0 Å². The number of esters is 7. The van der Waals surface area contributed by atoms with Crippen LogP contribution in [0, 0.1) is 0 Å². The van der Waals surface area contributed by atoms with Crippen LogP contribution in [-0.2, 0) is 167 Å². The molecule has 0 aliphatic heterocycles. The minimum absolute atomic E-state index is 0.656. The molecule has 0 amide bonds. The zero-order valence-corrected chi connectivity index (χ0v) is 80.4. The van der Waals surface area contributed by atoms with Crippen molar-refractivity contribution in [1.29, 1.82) is 0 Å². The van der Waals surface area contributed by atoms with Gasteiger partial charge in [0.15, 0.2) is 16.6 Å². The number of carboxylic acids is 11. The van der Waals surface area contributed by atoms with Gasteiger partial charge in [-0.3, -0.25) is 33.3 Å². The first kappa shape index (κ1) is 128. The lowest BCUT2D eigenvalue weighted by Gasteiger charge is -2.39. The lowest BCUT2D eigenvalue weighted by atomic mass is 10.2. The number of ether oxygens (including phenoxy) is 15. The quantitative estimate of drug-likeness (QED) is 0.0117. The summed E-state index contributed by atoms with van der Waals surface area (Å²) in [6.07, 6.45) is 0. The van der Waals surface area contributed by atoms with E-state index in [2.05, 4.69) is 37.9 Å². The molecule has 0 aromatic carbocycles. The van der Waals surface area contributed by atoms with Gasteiger partial charge in [-0.15, -0.1) is 11.6 Å². The zero-order valence-electron chi connectivity index (χ0n) is 68.3. The SMILES string of the molecule is CC(=O)C(C)(Cl)OC(C)(Cl)C(=O)OC(C)(OC(C)(Cl)C(=O)O)C(=O)O.CC(=O)C(C)(Cl)OC(C)(OC(C)(OC(C)(Cl)C(=O)O)C(=O)O)C(=O)O.CC(C)(Cl)C(=O)OC(C)(Cl)C(=O)OC(C)(Cl)C(=O)OC(C)(Cl)C(=O)O.CC(Cl)(Cl)C(=O)OC(C)(Cl)C(=O)OC(C)(OC(C)(Cl)C(=O)O)C(=O)O.CC(Cl)(Cl)C(=O)OC(C)(OC(C)(OC(C)(Cl)C(=O)O)C(=O)O)C(=O)O. The van der Waals surface area contributed by atoms with E-state index in [1.54, 1.807) is 0 Å². The van der Waals surface area contributed by atoms with Crippen molar-refractivity contribution in [1.82, 2.24) is 0 Å². The van der Waals surface area contributed by atoms with Gasteiger partial charge in [-0.2, -0.15) is 0 Å². The Hall–Kier alpha value is -5.88. The minimum Gasteiger partial charge on any atom is -0.478 e. The molecule has 0 saturated heterocycles. The maximum atomic E-state index is 12.2. The summed E-state index contributed by atoms with van der Waals surface area (Å²) in [5, 5.41) is 73.1. The van der Waals surface area contributed by atoms with Crippen molar-refractivity contribution in [2.75, 3.05) is 0 Å². The molecule has 17 atom stereocenters. The summed E-state index contributed by atoms with van der Waals surface area (Å²) in [6.45, 7) is 20.7. The summed E-state index contributed by atoms with van der Waals surface area (Å²) in [5.74, 6) is -48.8. The van der Waals surface area contributed by atoms with Gasteiger partial charge in [0, 0.05) is 69.2 Å². The Morgan fingerprint density at radius 2 is 0.328 bits per heavy atom. The van der Waals surface area contributed by atoms with E-state index < -0.39 is 223 Å². The number of halogens is 16. The van der Waals surface area contributed by atoms with Crippen LogP contribution in [0.4, 0.5) is 0 Å². The van der Waals surface area contributed by atoms with Crippen LogP contribution in [0.25, 0.3) is 0 Å². The molecule has 17 unspecified atom stereocenters. The highest BCUT2D eigenvalue weighted by Gasteiger charge is 2.60. The third kappa shape index (κ3) is 41.0. The molecule has 0 rings (SSSR count). The third-order valence-corrected chi connectivity index (χ3v) is 16.8. The zero-order chi connectivity index (χ0) is 102. The molecular weight excluding hydrogens is 2060 g/mol. The summed E-state index contributed by atoms with van der Waals surface area (Å²) in [5.41, 5.74) is 0. The van der Waals surface area contributed by atoms with Gasteiger partial charge >= 0.3 is 125 Å². The molecule has 0 aromatic rings. The van der Waals surface area contributed by atoms with Crippen molar-refractivity contribution in [3.63, 3.8) is 0 Å². The Kier molecular flexibility index (Phi) is 46.2. The second kappa shape index (κ2) is 45.3. The number of ketones is 2. The number of carbonyl (C=O) groups is 20. The first-order valence-electron chi connectivity index (χ1n) is 32.2. The standard InChI is InChI=1S/C13H16Cl4O8.C13H17Cl3O9.C13H18Cl2O10.C12H14Cl4O9.C12H15Cl3O10/c1-10(2,14)7(20)23-12(4,16)9(22)25-13(5,17)8(21)24-11(3,15)6(18)19;1-6(17)10(2,14)24-12(4,16)9(22)23-13(5,8(20)21)25-11(3,15)7(18)19;1-6(16)10(2,14)23-12(4,8(19)20)25-13(5,9(21)22)24-11(3,15)7(17)18;1-9(13,14)7(21)23-11(3,16)8(22)24-12(4,6(19)20)25-10(2,15)5(17)18;1-9(13,14)8(22)23-11(3,6(18)19)25-12(4,7(20)21)24-10(2,15)5(16)17/h1-5H3,(H,18,19);1-5H3,(H,18,19)(H,20,21);1-5H3,(H,17,18)(H,19,20)(H,21,22);1-4H3,(H,17,18)(H,19,20);1-4H3,(H,16,17)(H,18,19)(H,20,21). The van der Waals surface area contributed by atoms with E-state index in [0.717, 1.165) is 118 Å². The fourth-order valence-corrected chi connectivity index (χ4v) is 7.71. The highest BCUT2D eigenvalue weighted by Crippen LogP contribution is 2.40. The third-order valence-electron chi connectivity index (χ3n) is 13.3. The van der Waals surface area contributed by atoms with Gasteiger partial charge in [0.1, 0.15) is 4.87 Å². The van der Waals surface area contributed by atoms with Crippen molar-refractivity contribution in [2.24, 2.45) is 0 Å². The van der Waals surface area contributed by atoms with Crippen LogP contribution in [0.3, 0.4) is 0 Å². The maximum absolute atomic E-state index is 12.2. The molecule has 0 heterocycles. The van der Waals surface area contributed by atoms with Crippen LogP contribution >= 0.6 is 186 Å². The number of rotatable bonds is 43. The summed E-state index contributed by atoms with van der Waals surface area (Å²) in [6, 6.07) is 0. The molecule has 720 valence electrons. The number of hydrogen-bond acceptors (Lipinski definition) is 35. The fourth-order valence-electron chi connectivity index (χ4n) is 6.00. The highest BCUT2D eigenvalue weighted by molar-refractivity contribution is 6.58. The smallest absolute Gasteiger partial charge is 0.377 e. The molecular formula is C63H80Cl16O46. The molecule has 0 radical (unpaired) electrons. The number of hydrogen-bond donors (Lipinski definition) is 11. The Bertz CT molecular complexity index is 4050. The number of carboxylic acid groups (broad SMARTS) is 11. The van der Waals surface area contributed by atoms with E-state index in [0.29, 0.717) is 27.7 Å². The molecule has 11 N–H and O–H groups in total. The van der Waals surface area contributed by atoms with Crippen molar-refractivity contribution < 1.29 is 223 Å². The van der Waals surface area contributed by atoms with Crippen molar-refractivity contribution in [3.8, 4) is 0 Å². The fraction of sp³-hybridized carbons (Fsp3) is 0.683. The van der Waals surface area contributed by atoms with Gasteiger partial charge < -0.3 is 108 Å². The molecule has 0 bridgehead atoms. The monoisotopic (exact) mass is 2130 g/mol. The first-order valence-corrected chi connectivity index (χ1v) is 38.2. The number of alkyl halides is 16. The number of carbonyl (C=O) groups excluding carboxylic acids is 9. The Morgan fingerprint density at radius 1 is 0.168 bits per heavy atom. The summed E-state index contributed by atoms with van der Waals surface area (Å²) >= 11 is 89.8. The van der Waals surface area contributed by atoms with Crippen LogP contribution < -0.4 is 0 Å². The lowest BCUT2D eigenvalue weighted by Crippen LogP contribution is -2.58. The molecule has 0 saturated carbocycles. The average molecular weight is 2140 g/mol. The highest BCUT2D eigenvalue weighted by atomic mass is 35.5. The van der Waals surface area contributed by atoms with Gasteiger partial charge in [0.25, 0.3) is 37.6 Å². The van der Waals surface area contributed by atoms with E-state index in [-0.39, 0.29) is 0 Å². The van der Waals surface area contributed by atoms with Gasteiger partial charge in [-0.25, -0.2) is 81.5 Å². The van der Waals surface area contributed by atoms with Crippen molar-refractivity contribution in [3.05, 3.63) is 0 Å². The molecule has 0 aliphatic carbocycles. The summed E-state index contributed by atoms with van der Waals surface area (Å²) in [7, 11) is 0. The number of Topliss-reactive ketones (excluding diaryl/α,β-unsaturated/α-hetero) is 2. The largest absolute Gasteiger partial charge is 0.478 e. The molecule has 62 heteroatoms. The second-order valence-electron chi connectivity index (χ2n) is 27.0. The Balaban J connectivity index is -0.000000480. The van der Waals surface area contributed by atoms with Gasteiger partial charge in [-0.05, 0) is 90.0 Å². The average Bonchev–Trinajstić information content (AvgIpc) is 0.798. The minimum atomic E-state index is -2.96. The summed E-state index contributed by atoms with van der Waals surface area (Å²) < 4.78 is 66.2.